The Balaban J connectivity index is 1.41. The minimum atomic E-state index is -0.267. The minimum absolute atomic E-state index is 0.000690. The highest BCUT2D eigenvalue weighted by molar-refractivity contribution is 5.80. The van der Waals surface area contributed by atoms with Crippen molar-refractivity contribution in [1.82, 2.24) is 10.2 Å². The van der Waals surface area contributed by atoms with Gasteiger partial charge in [-0.25, -0.2) is 4.39 Å². The third kappa shape index (κ3) is 5.79. The van der Waals surface area contributed by atoms with E-state index in [9.17, 15) is 14.0 Å². The standard InChI is InChI=1S/C23H27FN2O3/c1-16-4-3-5-20(12-16)29-15-22(27)26-10-8-19(9-11-26)23(28)25-14-18-7-6-17(2)21(24)13-18/h3-7,12-13,19H,8-11,14-15H2,1-2H3,(H,25,28). The lowest BCUT2D eigenvalue weighted by atomic mass is 9.95. The summed E-state index contributed by atoms with van der Waals surface area (Å²) < 4.78 is 19.2. The van der Waals surface area contributed by atoms with Crippen LogP contribution < -0.4 is 10.1 Å². The number of benzene rings is 2. The quantitative estimate of drug-likeness (QED) is 0.812. The summed E-state index contributed by atoms with van der Waals surface area (Å²) in [4.78, 5) is 26.5. The molecule has 1 fully saturated rings. The molecule has 1 saturated heterocycles. The number of hydrogen-bond donors (Lipinski definition) is 1. The molecule has 0 radical (unpaired) electrons. The van der Waals surface area contributed by atoms with Crippen LogP contribution in [0.2, 0.25) is 0 Å². The average molecular weight is 398 g/mol. The van der Waals surface area contributed by atoms with Gasteiger partial charge >= 0.3 is 0 Å². The van der Waals surface area contributed by atoms with E-state index in [1.807, 2.05) is 37.3 Å². The molecule has 0 spiro atoms. The zero-order valence-electron chi connectivity index (χ0n) is 16.9. The number of ether oxygens (including phenoxy) is 1. The first-order valence-corrected chi connectivity index (χ1v) is 9.92. The van der Waals surface area contributed by atoms with Crippen LogP contribution in [0.25, 0.3) is 0 Å². The summed E-state index contributed by atoms with van der Waals surface area (Å²) in [6.45, 7) is 5.05. The highest BCUT2D eigenvalue weighted by atomic mass is 19.1. The molecule has 0 aliphatic carbocycles. The number of likely N-dealkylation sites (tertiary alicyclic amines) is 1. The number of hydrogen-bond acceptors (Lipinski definition) is 3. The van der Waals surface area contributed by atoms with E-state index in [0.717, 1.165) is 11.1 Å². The maximum absolute atomic E-state index is 13.6. The molecule has 29 heavy (non-hydrogen) atoms. The summed E-state index contributed by atoms with van der Waals surface area (Å²) in [5.41, 5.74) is 2.40. The van der Waals surface area contributed by atoms with Gasteiger partial charge in [0.1, 0.15) is 11.6 Å². The number of nitrogens with zero attached hydrogens (tertiary/aromatic N) is 1. The van der Waals surface area contributed by atoms with Crippen LogP contribution in [-0.2, 0) is 16.1 Å². The summed E-state index contributed by atoms with van der Waals surface area (Å²) in [7, 11) is 0. The monoisotopic (exact) mass is 398 g/mol. The first kappa shape index (κ1) is 20.8. The van der Waals surface area contributed by atoms with E-state index in [1.54, 1.807) is 17.9 Å². The second kappa shape index (κ2) is 9.54. The van der Waals surface area contributed by atoms with Gasteiger partial charge in [0.15, 0.2) is 6.61 Å². The van der Waals surface area contributed by atoms with Crippen LogP contribution in [0.15, 0.2) is 42.5 Å². The van der Waals surface area contributed by atoms with Gasteiger partial charge in [0, 0.05) is 25.6 Å². The number of nitrogens with one attached hydrogen (secondary N) is 1. The predicted octanol–water partition coefficient (Wildman–Crippen LogP) is 3.38. The zero-order chi connectivity index (χ0) is 20.8. The van der Waals surface area contributed by atoms with Crippen LogP contribution in [0.5, 0.6) is 5.75 Å². The van der Waals surface area contributed by atoms with Gasteiger partial charge in [0.25, 0.3) is 5.91 Å². The highest BCUT2D eigenvalue weighted by Crippen LogP contribution is 2.19. The lowest BCUT2D eigenvalue weighted by molar-refractivity contribution is -0.137. The van der Waals surface area contributed by atoms with Gasteiger partial charge in [0.05, 0.1) is 0 Å². The Bertz CT molecular complexity index is 876. The van der Waals surface area contributed by atoms with Crippen molar-refractivity contribution in [3.63, 3.8) is 0 Å². The highest BCUT2D eigenvalue weighted by Gasteiger charge is 2.27. The molecular weight excluding hydrogens is 371 g/mol. The summed E-state index contributed by atoms with van der Waals surface area (Å²) >= 11 is 0. The third-order valence-corrected chi connectivity index (χ3v) is 5.27. The normalized spacial score (nSPS) is 14.5. The largest absolute Gasteiger partial charge is 0.484 e. The molecule has 2 aromatic rings. The molecule has 0 bridgehead atoms. The fourth-order valence-electron chi connectivity index (χ4n) is 3.41. The van der Waals surface area contributed by atoms with Gasteiger partial charge in [-0.2, -0.15) is 0 Å². The molecule has 154 valence electrons. The van der Waals surface area contributed by atoms with Crippen molar-refractivity contribution in [1.29, 1.82) is 0 Å². The molecule has 1 heterocycles. The Morgan fingerprint density at radius 3 is 2.59 bits per heavy atom. The summed E-state index contributed by atoms with van der Waals surface area (Å²) in [6, 6.07) is 12.6. The molecule has 1 aliphatic heterocycles. The molecule has 6 heteroatoms. The molecule has 2 amide bonds. The van der Waals surface area contributed by atoms with Crippen molar-refractivity contribution in [2.24, 2.45) is 5.92 Å². The van der Waals surface area contributed by atoms with Crippen LogP contribution >= 0.6 is 0 Å². The van der Waals surface area contributed by atoms with Crippen molar-refractivity contribution in [2.45, 2.75) is 33.2 Å². The van der Waals surface area contributed by atoms with Crippen molar-refractivity contribution in [2.75, 3.05) is 19.7 Å². The molecule has 1 aliphatic rings. The van der Waals surface area contributed by atoms with Gasteiger partial charge in [0.2, 0.25) is 5.91 Å². The number of rotatable bonds is 6. The van der Waals surface area contributed by atoms with Gasteiger partial charge in [-0.3, -0.25) is 9.59 Å². The topological polar surface area (TPSA) is 58.6 Å². The lowest BCUT2D eigenvalue weighted by Crippen LogP contribution is -2.44. The molecule has 0 unspecified atom stereocenters. The Morgan fingerprint density at radius 1 is 1.14 bits per heavy atom. The van der Waals surface area contributed by atoms with E-state index in [-0.39, 0.29) is 30.2 Å². The van der Waals surface area contributed by atoms with E-state index in [4.69, 9.17) is 4.74 Å². The summed E-state index contributed by atoms with van der Waals surface area (Å²) in [5, 5.41) is 2.88. The molecule has 2 aromatic carbocycles. The Morgan fingerprint density at radius 2 is 1.90 bits per heavy atom. The lowest BCUT2D eigenvalue weighted by Gasteiger charge is -2.31. The van der Waals surface area contributed by atoms with E-state index in [2.05, 4.69) is 5.32 Å². The number of piperidine rings is 1. The van der Waals surface area contributed by atoms with Crippen LogP contribution in [-0.4, -0.2) is 36.4 Å². The third-order valence-electron chi connectivity index (χ3n) is 5.27. The smallest absolute Gasteiger partial charge is 0.260 e. The van der Waals surface area contributed by atoms with Crippen LogP contribution in [0.4, 0.5) is 4.39 Å². The number of carbonyl (C=O) groups excluding carboxylic acids is 2. The summed E-state index contributed by atoms with van der Waals surface area (Å²) in [5.74, 6) is 0.165. The molecule has 0 atom stereocenters. The Kier molecular flexibility index (Phi) is 6.86. The van der Waals surface area contributed by atoms with Crippen LogP contribution in [0.3, 0.4) is 0 Å². The van der Waals surface area contributed by atoms with E-state index in [0.29, 0.717) is 43.8 Å². The zero-order valence-corrected chi connectivity index (χ0v) is 16.9. The maximum atomic E-state index is 13.6. The molecule has 3 rings (SSSR count). The Hall–Kier alpha value is -2.89. The molecular formula is C23H27FN2O3. The van der Waals surface area contributed by atoms with Crippen molar-refractivity contribution in [3.05, 3.63) is 65.0 Å². The van der Waals surface area contributed by atoms with Gasteiger partial charge in [-0.05, 0) is 61.6 Å². The minimum Gasteiger partial charge on any atom is -0.484 e. The van der Waals surface area contributed by atoms with E-state index >= 15 is 0 Å². The SMILES string of the molecule is Cc1cccc(OCC(=O)N2CCC(C(=O)NCc3ccc(C)c(F)c3)CC2)c1. The number of halogens is 1. The van der Waals surface area contributed by atoms with Crippen LogP contribution in [0.1, 0.15) is 29.5 Å². The average Bonchev–Trinajstić information content (AvgIpc) is 2.73. The van der Waals surface area contributed by atoms with Gasteiger partial charge in [-0.1, -0.05) is 24.3 Å². The van der Waals surface area contributed by atoms with Gasteiger partial charge < -0.3 is 15.0 Å². The van der Waals surface area contributed by atoms with Crippen molar-refractivity contribution in [3.8, 4) is 5.75 Å². The van der Waals surface area contributed by atoms with Gasteiger partial charge in [-0.15, -0.1) is 0 Å². The fraction of sp³-hybridized carbons (Fsp3) is 0.391. The van der Waals surface area contributed by atoms with Crippen molar-refractivity contribution >= 4 is 11.8 Å². The van der Waals surface area contributed by atoms with E-state index in [1.165, 1.54) is 6.07 Å². The van der Waals surface area contributed by atoms with Crippen molar-refractivity contribution < 1.29 is 18.7 Å². The molecule has 0 aromatic heterocycles. The van der Waals surface area contributed by atoms with Crippen LogP contribution in [0, 0.1) is 25.6 Å². The van der Waals surface area contributed by atoms with E-state index < -0.39 is 0 Å². The maximum Gasteiger partial charge on any atom is 0.260 e. The number of carbonyl (C=O) groups is 2. The molecule has 0 saturated carbocycles. The fourth-order valence-corrected chi connectivity index (χ4v) is 3.41. The molecule has 5 nitrogen and oxygen atoms in total. The summed E-state index contributed by atoms with van der Waals surface area (Å²) in [6.07, 6.45) is 1.23. The molecule has 1 N–H and O–H groups in total. The first-order valence-electron chi connectivity index (χ1n) is 9.92. The second-order valence-corrected chi connectivity index (χ2v) is 7.56. The first-order chi connectivity index (χ1) is 13.9. The number of amides is 2. The number of aryl methyl sites for hydroxylation is 2. The second-order valence-electron chi connectivity index (χ2n) is 7.56. The Labute approximate surface area is 170 Å². The predicted molar refractivity (Wildman–Crippen MR) is 109 cm³/mol.